The predicted octanol–water partition coefficient (Wildman–Crippen LogP) is 4.23. The number of hydrogen-bond acceptors (Lipinski definition) is 4. The quantitative estimate of drug-likeness (QED) is 0.834. The van der Waals surface area contributed by atoms with E-state index in [0.29, 0.717) is 24.6 Å². The molecule has 2 aromatic heterocycles. The van der Waals surface area contributed by atoms with Crippen LogP contribution in [0.4, 0.5) is 0 Å². The Bertz CT molecular complexity index is 509. The van der Waals surface area contributed by atoms with E-state index in [1.54, 1.807) is 0 Å². The van der Waals surface area contributed by atoms with Gasteiger partial charge in [-0.25, -0.2) is 0 Å². The summed E-state index contributed by atoms with van der Waals surface area (Å²) >= 11 is 3.66. The fourth-order valence-electron chi connectivity index (χ4n) is 3.27. The summed E-state index contributed by atoms with van der Waals surface area (Å²) in [7, 11) is 0. The molecule has 1 fully saturated rings. The van der Waals surface area contributed by atoms with Gasteiger partial charge in [-0.2, -0.15) is 0 Å². The van der Waals surface area contributed by atoms with Gasteiger partial charge in [0.1, 0.15) is 0 Å². The maximum Gasteiger partial charge on any atom is 0.0474 e. The molecule has 3 rings (SSSR count). The van der Waals surface area contributed by atoms with Crippen molar-refractivity contribution in [1.82, 2.24) is 5.32 Å². The smallest absolute Gasteiger partial charge is 0.0474 e. The molecule has 0 aromatic carbocycles. The Kier molecular flexibility index (Phi) is 5.47. The van der Waals surface area contributed by atoms with Crippen LogP contribution >= 0.6 is 22.7 Å². The van der Waals surface area contributed by atoms with Crippen molar-refractivity contribution in [1.29, 1.82) is 0 Å². The zero-order chi connectivity index (χ0) is 14.5. The molecule has 0 aliphatic heterocycles. The van der Waals surface area contributed by atoms with Gasteiger partial charge < -0.3 is 10.4 Å². The van der Waals surface area contributed by atoms with Crippen molar-refractivity contribution >= 4 is 22.7 Å². The van der Waals surface area contributed by atoms with E-state index in [0.717, 1.165) is 12.8 Å². The molecule has 2 N–H and O–H groups in total. The Morgan fingerprint density at radius 1 is 1.14 bits per heavy atom. The molecule has 0 radical (unpaired) electrons. The highest BCUT2D eigenvalue weighted by atomic mass is 32.1. The Labute approximate surface area is 134 Å². The second-order valence-electron chi connectivity index (χ2n) is 5.85. The molecule has 1 aliphatic carbocycles. The van der Waals surface area contributed by atoms with Crippen molar-refractivity contribution in [2.75, 3.05) is 6.61 Å². The second-order valence-corrected chi connectivity index (χ2v) is 7.86. The molecule has 1 aliphatic rings. The Morgan fingerprint density at radius 2 is 1.95 bits per heavy atom. The normalized spacial score (nSPS) is 24.0. The molecule has 1 saturated carbocycles. The zero-order valence-corrected chi connectivity index (χ0v) is 13.8. The highest BCUT2D eigenvalue weighted by Gasteiger charge is 2.27. The van der Waals surface area contributed by atoms with E-state index in [4.69, 9.17) is 0 Å². The van der Waals surface area contributed by atoms with Crippen molar-refractivity contribution in [2.24, 2.45) is 5.92 Å². The molecular weight excluding hydrogens is 298 g/mol. The summed E-state index contributed by atoms with van der Waals surface area (Å²) < 4.78 is 0. The lowest BCUT2D eigenvalue weighted by Gasteiger charge is -2.34. The molecule has 0 saturated heterocycles. The Balaban J connectivity index is 1.72. The molecule has 0 bridgehead atoms. The van der Waals surface area contributed by atoms with Gasteiger partial charge in [0.2, 0.25) is 0 Å². The van der Waals surface area contributed by atoms with Gasteiger partial charge in [-0.05, 0) is 41.7 Å². The lowest BCUT2D eigenvalue weighted by molar-refractivity contribution is 0.146. The predicted molar refractivity (Wildman–Crippen MR) is 91.1 cm³/mol. The third-order valence-corrected chi connectivity index (χ3v) is 6.32. The summed E-state index contributed by atoms with van der Waals surface area (Å²) in [5.41, 5.74) is 0. The lowest BCUT2D eigenvalue weighted by Crippen LogP contribution is -2.42. The number of aliphatic hydroxyl groups is 1. The first-order valence-electron chi connectivity index (χ1n) is 7.79. The van der Waals surface area contributed by atoms with Gasteiger partial charge >= 0.3 is 0 Å². The highest BCUT2D eigenvalue weighted by molar-refractivity contribution is 7.10. The van der Waals surface area contributed by atoms with E-state index in [9.17, 15) is 5.11 Å². The monoisotopic (exact) mass is 321 g/mol. The minimum absolute atomic E-state index is 0.313. The second kappa shape index (κ2) is 7.54. The van der Waals surface area contributed by atoms with E-state index < -0.39 is 0 Å². The van der Waals surface area contributed by atoms with Gasteiger partial charge in [0, 0.05) is 34.9 Å². The molecule has 2 heterocycles. The Morgan fingerprint density at radius 3 is 2.67 bits per heavy atom. The van der Waals surface area contributed by atoms with Crippen LogP contribution in [0.25, 0.3) is 0 Å². The van der Waals surface area contributed by atoms with Crippen LogP contribution in [0.1, 0.15) is 41.5 Å². The standard InChI is InChI=1S/C17H23NOS2/c19-12-13-5-1-2-7-15(13)18-16(17-8-4-10-21-17)11-14-6-3-9-20-14/h3-4,6,8-10,13,15-16,18-19H,1-2,5,7,11-12H2. The van der Waals surface area contributed by atoms with Crippen molar-refractivity contribution in [3.63, 3.8) is 0 Å². The van der Waals surface area contributed by atoms with E-state index >= 15 is 0 Å². The van der Waals surface area contributed by atoms with Crippen LogP contribution in [0.2, 0.25) is 0 Å². The van der Waals surface area contributed by atoms with E-state index in [1.807, 2.05) is 22.7 Å². The van der Waals surface area contributed by atoms with Gasteiger partial charge in [0.05, 0.1) is 0 Å². The minimum atomic E-state index is 0.313. The maximum atomic E-state index is 9.63. The molecule has 3 unspecified atom stereocenters. The minimum Gasteiger partial charge on any atom is -0.396 e. The van der Waals surface area contributed by atoms with Gasteiger partial charge in [0.15, 0.2) is 0 Å². The average molecular weight is 322 g/mol. The molecular formula is C17H23NOS2. The highest BCUT2D eigenvalue weighted by Crippen LogP contribution is 2.30. The SMILES string of the molecule is OCC1CCCCC1NC(Cc1cccs1)c1cccs1. The lowest BCUT2D eigenvalue weighted by atomic mass is 9.84. The molecule has 3 atom stereocenters. The number of aliphatic hydroxyl groups excluding tert-OH is 1. The number of hydrogen-bond donors (Lipinski definition) is 2. The van der Waals surface area contributed by atoms with Gasteiger partial charge in [-0.3, -0.25) is 0 Å². The summed E-state index contributed by atoms with van der Waals surface area (Å²) in [5.74, 6) is 0.421. The first kappa shape index (κ1) is 15.2. The van der Waals surface area contributed by atoms with Crippen LogP contribution in [0, 0.1) is 5.92 Å². The summed E-state index contributed by atoms with van der Waals surface area (Å²) in [4.78, 5) is 2.84. The van der Waals surface area contributed by atoms with Crippen LogP contribution in [-0.4, -0.2) is 17.8 Å². The summed E-state index contributed by atoms with van der Waals surface area (Å²) in [5, 5.41) is 17.8. The number of rotatable bonds is 6. The van der Waals surface area contributed by atoms with Crippen LogP contribution < -0.4 is 5.32 Å². The van der Waals surface area contributed by atoms with Crippen LogP contribution in [0.5, 0.6) is 0 Å². The third-order valence-electron chi connectivity index (χ3n) is 4.43. The van der Waals surface area contributed by atoms with E-state index in [1.165, 1.54) is 29.0 Å². The topological polar surface area (TPSA) is 32.3 Å². The van der Waals surface area contributed by atoms with Crippen molar-refractivity contribution in [3.8, 4) is 0 Å². The summed E-state index contributed by atoms with van der Waals surface area (Å²) in [6, 6.07) is 9.54. The molecule has 4 heteroatoms. The maximum absolute atomic E-state index is 9.63. The molecule has 0 amide bonds. The molecule has 21 heavy (non-hydrogen) atoms. The average Bonchev–Trinajstić information content (AvgIpc) is 3.20. The van der Waals surface area contributed by atoms with Crippen LogP contribution in [0.3, 0.4) is 0 Å². The van der Waals surface area contributed by atoms with Gasteiger partial charge in [0.25, 0.3) is 0 Å². The molecule has 114 valence electrons. The van der Waals surface area contributed by atoms with Gasteiger partial charge in [-0.15, -0.1) is 22.7 Å². The largest absolute Gasteiger partial charge is 0.396 e. The number of thiophene rings is 2. The molecule has 2 nitrogen and oxygen atoms in total. The van der Waals surface area contributed by atoms with Crippen LogP contribution in [0.15, 0.2) is 35.0 Å². The van der Waals surface area contributed by atoms with Crippen molar-refractivity contribution in [2.45, 2.75) is 44.2 Å². The number of nitrogens with one attached hydrogen (secondary N) is 1. The first-order valence-corrected chi connectivity index (χ1v) is 9.55. The summed E-state index contributed by atoms with van der Waals surface area (Å²) in [6.07, 6.45) is 5.94. The summed E-state index contributed by atoms with van der Waals surface area (Å²) in [6.45, 7) is 0.313. The zero-order valence-electron chi connectivity index (χ0n) is 12.2. The van der Waals surface area contributed by atoms with E-state index in [-0.39, 0.29) is 0 Å². The first-order chi connectivity index (χ1) is 10.4. The van der Waals surface area contributed by atoms with Crippen molar-refractivity contribution < 1.29 is 5.11 Å². The van der Waals surface area contributed by atoms with Crippen LogP contribution in [-0.2, 0) is 6.42 Å². The van der Waals surface area contributed by atoms with Crippen molar-refractivity contribution in [3.05, 3.63) is 44.8 Å². The Hall–Kier alpha value is -0.680. The molecule has 0 spiro atoms. The van der Waals surface area contributed by atoms with E-state index in [2.05, 4.69) is 40.3 Å². The fraction of sp³-hybridized carbons (Fsp3) is 0.529. The third kappa shape index (κ3) is 3.95. The fourth-order valence-corrected chi connectivity index (χ4v) is 4.80. The molecule has 2 aromatic rings. The van der Waals surface area contributed by atoms with Gasteiger partial charge in [-0.1, -0.05) is 25.0 Å².